The van der Waals surface area contributed by atoms with E-state index in [9.17, 15) is 4.79 Å². The summed E-state index contributed by atoms with van der Waals surface area (Å²) in [6.45, 7) is 2.58. The zero-order valence-electron chi connectivity index (χ0n) is 15.4. The normalized spacial score (nSPS) is 15.6. The molecule has 2 N–H and O–H groups in total. The molecule has 0 unspecified atom stereocenters. The Morgan fingerprint density at radius 3 is 2.64 bits per heavy atom. The number of thioether (sulfide) groups is 1. The lowest BCUT2D eigenvalue weighted by molar-refractivity contribution is -0.119. The van der Waals surface area contributed by atoms with Crippen LogP contribution in [0, 0.1) is 0 Å². The van der Waals surface area contributed by atoms with Gasteiger partial charge in [-0.15, -0.1) is 0 Å². The Balaban J connectivity index is 1.59. The first-order valence-corrected chi connectivity index (χ1v) is 9.81. The smallest absolute Gasteiger partial charge is 0.255 e. The van der Waals surface area contributed by atoms with Crippen molar-refractivity contribution in [2.45, 2.75) is 18.7 Å². The molecular weight excluding hydrogens is 372 g/mol. The van der Waals surface area contributed by atoms with Crippen LogP contribution in [0.2, 0.25) is 0 Å². The monoisotopic (exact) mass is 392 g/mol. The summed E-state index contributed by atoms with van der Waals surface area (Å²) in [5.74, 6) is 1.03. The van der Waals surface area contributed by atoms with Crippen LogP contribution < -0.4 is 10.5 Å². The lowest BCUT2D eigenvalue weighted by atomic mass is 10.1. The highest BCUT2D eigenvalue weighted by Gasteiger charge is 2.27. The summed E-state index contributed by atoms with van der Waals surface area (Å²) in [5, 5.41) is 5.70. The van der Waals surface area contributed by atoms with Gasteiger partial charge in [-0.25, -0.2) is 9.67 Å². The Kier molecular flexibility index (Phi) is 5.16. The summed E-state index contributed by atoms with van der Waals surface area (Å²) < 4.78 is 7.30. The van der Waals surface area contributed by atoms with Gasteiger partial charge in [-0.2, -0.15) is 5.10 Å². The van der Waals surface area contributed by atoms with E-state index in [1.807, 2.05) is 60.3 Å². The molecule has 0 bridgehead atoms. The summed E-state index contributed by atoms with van der Waals surface area (Å²) in [4.78, 5) is 15.6. The number of benzene rings is 2. The molecule has 1 aromatic heterocycles. The van der Waals surface area contributed by atoms with Crippen LogP contribution in [0.5, 0.6) is 5.75 Å². The number of ether oxygens (including phenoxy) is 1. The third-order valence-corrected chi connectivity index (χ3v) is 5.61. The molecule has 0 fully saturated rings. The summed E-state index contributed by atoms with van der Waals surface area (Å²) in [6, 6.07) is 18.0. The minimum Gasteiger partial charge on any atom is -0.484 e. The fraction of sp³-hybridized carbons (Fsp3) is 0.190. The van der Waals surface area contributed by atoms with Crippen LogP contribution in [0.3, 0.4) is 0 Å². The first kappa shape index (κ1) is 18.3. The average molecular weight is 392 g/mol. The highest BCUT2D eigenvalue weighted by Crippen LogP contribution is 2.45. The lowest BCUT2D eigenvalue weighted by Crippen LogP contribution is -2.20. The Hall–Kier alpha value is -3.06. The number of hydrogen-bond donors (Lipinski definition) is 1. The molecule has 1 atom stereocenters. The van der Waals surface area contributed by atoms with Crippen molar-refractivity contribution in [2.75, 3.05) is 6.61 Å². The number of rotatable bonds is 6. The van der Waals surface area contributed by atoms with Gasteiger partial charge in [-0.05, 0) is 30.2 Å². The van der Waals surface area contributed by atoms with Gasteiger partial charge in [0.05, 0.1) is 23.0 Å². The van der Waals surface area contributed by atoms with Crippen LogP contribution in [-0.4, -0.2) is 27.3 Å². The van der Waals surface area contributed by atoms with E-state index >= 15 is 0 Å². The second-order valence-electron chi connectivity index (χ2n) is 6.52. The fourth-order valence-corrected chi connectivity index (χ4v) is 4.19. The van der Waals surface area contributed by atoms with E-state index in [0.717, 1.165) is 22.0 Å². The highest BCUT2D eigenvalue weighted by molar-refractivity contribution is 8.14. The number of nitrogens with two attached hydrogens (primary N) is 1. The molecule has 1 amide bonds. The lowest BCUT2D eigenvalue weighted by Gasteiger charge is -2.21. The molecule has 1 aliphatic heterocycles. The zero-order chi connectivity index (χ0) is 19.5. The molecular formula is C21H20N4O2S. The predicted molar refractivity (Wildman–Crippen MR) is 111 cm³/mol. The average Bonchev–Trinajstić information content (AvgIpc) is 3.09. The van der Waals surface area contributed by atoms with Gasteiger partial charge < -0.3 is 10.5 Å². The predicted octanol–water partition coefficient (Wildman–Crippen LogP) is 3.68. The highest BCUT2D eigenvalue weighted by atomic mass is 32.2. The number of carbonyl (C=O) groups is 1. The van der Waals surface area contributed by atoms with Crippen LogP contribution in [0.25, 0.3) is 0 Å². The molecule has 3 aromatic rings. The Morgan fingerprint density at radius 2 is 1.93 bits per heavy atom. The minimum atomic E-state index is -0.491. The standard InChI is InChI=1S/C21H20N4O2S/c1-14-24-21-18(11-23-25(21)12-15-5-3-2-4-6-15)20(28-14)16-7-9-17(10-8-16)27-13-19(22)26/h2-11,20H,12-13H2,1H3,(H2,22,26)/t20-/m1/s1. The molecule has 0 radical (unpaired) electrons. The van der Waals surface area contributed by atoms with Gasteiger partial charge in [0.25, 0.3) is 5.91 Å². The van der Waals surface area contributed by atoms with E-state index < -0.39 is 5.91 Å². The fourth-order valence-electron chi connectivity index (χ4n) is 3.12. The van der Waals surface area contributed by atoms with Crippen molar-refractivity contribution in [1.29, 1.82) is 0 Å². The molecule has 0 spiro atoms. The van der Waals surface area contributed by atoms with E-state index in [1.165, 1.54) is 5.56 Å². The molecule has 142 valence electrons. The molecule has 0 saturated heterocycles. The molecule has 6 nitrogen and oxygen atoms in total. The quantitative estimate of drug-likeness (QED) is 0.694. The largest absolute Gasteiger partial charge is 0.484 e. The topological polar surface area (TPSA) is 82.5 Å². The number of primary amides is 1. The zero-order valence-corrected chi connectivity index (χ0v) is 16.2. The van der Waals surface area contributed by atoms with Gasteiger partial charge in [0, 0.05) is 5.56 Å². The van der Waals surface area contributed by atoms with Crippen molar-refractivity contribution in [3.8, 4) is 5.75 Å². The number of hydrogen-bond acceptors (Lipinski definition) is 5. The minimum absolute atomic E-state index is 0.113. The maximum absolute atomic E-state index is 10.9. The van der Waals surface area contributed by atoms with E-state index in [4.69, 9.17) is 15.5 Å². The SMILES string of the molecule is CC1=Nc2c(cnn2Cc2ccccc2)[C@@H](c2ccc(OCC(N)=O)cc2)S1. The number of aliphatic imine (C=N–C) groups is 1. The van der Waals surface area contributed by atoms with E-state index in [-0.39, 0.29) is 11.9 Å². The van der Waals surface area contributed by atoms with Crippen LogP contribution >= 0.6 is 11.8 Å². The number of nitrogens with zero attached hydrogens (tertiary/aromatic N) is 3. The van der Waals surface area contributed by atoms with Crippen molar-refractivity contribution >= 4 is 28.5 Å². The summed E-state index contributed by atoms with van der Waals surface area (Å²) in [5.41, 5.74) is 8.54. The van der Waals surface area contributed by atoms with Crippen molar-refractivity contribution in [1.82, 2.24) is 9.78 Å². The van der Waals surface area contributed by atoms with Gasteiger partial charge in [-0.1, -0.05) is 54.2 Å². The second-order valence-corrected chi connectivity index (χ2v) is 7.82. The molecule has 0 saturated carbocycles. The van der Waals surface area contributed by atoms with E-state index in [2.05, 4.69) is 17.2 Å². The summed E-state index contributed by atoms with van der Waals surface area (Å²) in [6.07, 6.45) is 1.91. The van der Waals surface area contributed by atoms with Crippen molar-refractivity contribution in [3.05, 3.63) is 77.5 Å². The molecule has 28 heavy (non-hydrogen) atoms. The van der Waals surface area contributed by atoms with E-state index in [1.54, 1.807) is 11.8 Å². The molecule has 7 heteroatoms. The number of aromatic nitrogens is 2. The van der Waals surface area contributed by atoms with Gasteiger partial charge >= 0.3 is 0 Å². The maximum atomic E-state index is 10.9. The second kappa shape index (κ2) is 7.90. The van der Waals surface area contributed by atoms with Gasteiger partial charge in [0.15, 0.2) is 12.4 Å². The van der Waals surface area contributed by atoms with Crippen LogP contribution in [0.15, 0.2) is 65.8 Å². The van der Waals surface area contributed by atoms with Gasteiger partial charge in [-0.3, -0.25) is 4.79 Å². The molecule has 0 aliphatic carbocycles. The first-order valence-electron chi connectivity index (χ1n) is 8.93. The summed E-state index contributed by atoms with van der Waals surface area (Å²) in [7, 11) is 0. The van der Waals surface area contributed by atoms with Crippen LogP contribution in [0.1, 0.15) is 28.9 Å². The molecule has 4 rings (SSSR count). The Morgan fingerprint density at radius 1 is 1.18 bits per heavy atom. The molecule has 2 aromatic carbocycles. The number of amides is 1. The molecule has 2 heterocycles. The van der Waals surface area contributed by atoms with Gasteiger partial charge in [0.2, 0.25) is 0 Å². The van der Waals surface area contributed by atoms with Crippen LogP contribution in [0.4, 0.5) is 5.82 Å². The maximum Gasteiger partial charge on any atom is 0.255 e. The molecule has 1 aliphatic rings. The van der Waals surface area contributed by atoms with Crippen molar-refractivity contribution in [3.63, 3.8) is 0 Å². The summed E-state index contributed by atoms with van der Waals surface area (Å²) >= 11 is 1.71. The van der Waals surface area contributed by atoms with E-state index in [0.29, 0.717) is 12.3 Å². The van der Waals surface area contributed by atoms with Gasteiger partial charge in [0.1, 0.15) is 5.75 Å². The number of carbonyl (C=O) groups excluding carboxylic acids is 1. The third kappa shape index (κ3) is 3.94. The van der Waals surface area contributed by atoms with Crippen molar-refractivity contribution in [2.24, 2.45) is 10.7 Å². The van der Waals surface area contributed by atoms with Crippen molar-refractivity contribution < 1.29 is 9.53 Å². The first-order chi connectivity index (χ1) is 13.6. The van der Waals surface area contributed by atoms with Crippen LogP contribution in [-0.2, 0) is 11.3 Å². The third-order valence-electron chi connectivity index (χ3n) is 4.41. The number of fused-ring (bicyclic) bond motifs is 1. The Bertz CT molecular complexity index is 1010. The Labute approximate surface area is 167 Å².